The van der Waals surface area contributed by atoms with Gasteiger partial charge in [-0.15, -0.1) is 0 Å². The summed E-state index contributed by atoms with van der Waals surface area (Å²) in [5.41, 5.74) is 1.38. The van der Waals surface area contributed by atoms with Gasteiger partial charge in [-0.3, -0.25) is 9.00 Å². The molecule has 2 rings (SSSR count). The van der Waals surface area contributed by atoms with E-state index in [9.17, 15) is 9.00 Å². The van der Waals surface area contributed by atoms with Crippen molar-refractivity contribution < 1.29 is 9.00 Å². The molecule has 116 valence electrons. The third-order valence-electron chi connectivity index (χ3n) is 3.51. The normalized spacial score (nSPS) is 21.8. The van der Waals surface area contributed by atoms with Gasteiger partial charge in [0.2, 0.25) is 0 Å². The number of carbonyl (C=O) groups is 1. The van der Waals surface area contributed by atoms with E-state index in [0.29, 0.717) is 22.1 Å². The highest BCUT2D eigenvalue weighted by molar-refractivity contribution is 7.85. The second-order valence-corrected chi connectivity index (χ2v) is 7.35. The summed E-state index contributed by atoms with van der Waals surface area (Å²) in [5.74, 6) is 1.22. The molecule has 0 aliphatic carbocycles. The summed E-state index contributed by atoms with van der Waals surface area (Å²) < 4.78 is 11.4. The Bertz CT molecular complexity index is 526. The molecule has 0 spiro atoms. The minimum Gasteiger partial charge on any atom is -0.384 e. The van der Waals surface area contributed by atoms with Gasteiger partial charge in [-0.05, 0) is 37.5 Å². The van der Waals surface area contributed by atoms with Gasteiger partial charge in [0.05, 0.1) is 5.56 Å². The first kappa shape index (κ1) is 16.3. The molecule has 1 amide bonds. The van der Waals surface area contributed by atoms with Crippen molar-refractivity contribution in [1.82, 2.24) is 5.32 Å². The first-order chi connectivity index (χ1) is 10.1. The van der Waals surface area contributed by atoms with Gasteiger partial charge in [0.1, 0.15) is 0 Å². The number of hydrogen-bond donors (Lipinski definition) is 2. The fourth-order valence-electron chi connectivity index (χ4n) is 2.32. The molecule has 0 radical (unpaired) electrons. The Morgan fingerprint density at radius 1 is 1.38 bits per heavy atom. The summed E-state index contributed by atoms with van der Waals surface area (Å²) >= 11 is 6.01. The average molecular weight is 329 g/mol. The van der Waals surface area contributed by atoms with Crippen molar-refractivity contribution in [3.05, 3.63) is 28.8 Å². The maximum Gasteiger partial charge on any atom is 0.253 e. The number of amides is 1. The topological polar surface area (TPSA) is 58.2 Å². The molecule has 0 aromatic heterocycles. The summed E-state index contributed by atoms with van der Waals surface area (Å²) in [4.78, 5) is 12.4. The third kappa shape index (κ3) is 4.71. The van der Waals surface area contributed by atoms with Crippen molar-refractivity contribution in [3.8, 4) is 0 Å². The zero-order chi connectivity index (χ0) is 15.2. The Balaban J connectivity index is 2.06. The highest BCUT2D eigenvalue weighted by atomic mass is 35.5. The van der Waals surface area contributed by atoms with Crippen LogP contribution in [0.25, 0.3) is 0 Å². The number of nitrogens with one attached hydrogen (secondary N) is 2. The molecular formula is C15H21ClN2O2S. The van der Waals surface area contributed by atoms with Crippen molar-refractivity contribution >= 4 is 34.0 Å². The van der Waals surface area contributed by atoms with Crippen molar-refractivity contribution in [2.45, 2.75) is 32.2 Å². The molecule has 1 aliphatic rings. The lowest BCUT2D eigenvalue weighted by atomic mass is 10.1. The van der Waals surface area contributed by atoms with Gasteiger partial charge in [0.25, 0.3) is 5.91 Å². The van der Waals surface area contributed by atoms with Crippen LogP contribution in [0, 0.1) is 0 Å². The number of halogens is 1. The lowest BCUT2D eigenvalue weighted by Gasteiger charge is -2.23. The fourth-order valence-corrected chi connectivity index (χ4v) is 3.79. The van der Waals surface area contributed by atoms with Crippen LogP contribution in [0.4, 0.5) is 5.69 Å². The highest BCUT2D eigenvalue weighted by Gasteiger charge is 2.21. The number of rotatable bonds is 5. The number of benzene rings is 1. The molecule has 0 saturated carbocycles. The summed E-state index contributed by atoms with van der Waals surface area (Å²) in [6.45, 7) is 2.88. The van der Waals surface area contributed by atoms with Crippen LogP contribution in [0.1, 0.15) is 36.5 Å². The van der Waals surface area contributed by atoms with Crippen molar-refractivity contribution in [2.24, 2.45) is 0 Å². The van der Waals surface area contributed by atoms with Gasteiger partial charge in [-0.25, -0.2) is 0 Å². The predicted octanol–water partition coefficient (Wildman–Crippen LogP) is 2.80. The largest absolute Gasteiger partial charge is 0.384 e. The van der Waals surface area contributed by atoms with E-state index in [0.717, 1.165) is 31.5 Å². The van der Waals surface area contributed by atoms with E-state index in [4.69, 9.17) is 11.6 Å². The molecular weight excluding hydrogens is 308 g/mol. The molecule has 1 aromatic carbocycles. The van der Waals surface area contributed by atoms with E-state index in [-0.39, 0.29) is 11.9 Å². The van der Waals surface area contributed by atoms with Crippen molar-refractivity contribution in [3.63, 3.8) is 0 Å². The van der Waals surface area contributed by atoms with Crippen molar-refractivity contribution in [1.29, 1.82) is 0 Å². The third-order valence-corrected chi connectivity index (χ3v) is 5.13. The number of anilines is 1. The molecule has 0 atom stereocenters. The minimum absolute atomic E-state index is 0.105. The molecule has 1 saturated heterocycles. The Hall–Kier alpha value is -1.07. The second-order valence-electron chi connectivity index (χ2n) is 5.21. The molecule has 6 heteroatoms. The molecule has 0 bridgehead atoms. The number of hydrogen-bond acceptors (Lipinski definition) is 3. The van der Waals surface area contributed by atoms with E-state index in [1.807, 2.05) is 6.07 Å². The Morgan fingerprint density at radius 3 is 2.76 bits per heavy atom. The maximum atomic E-state index is 12.4. The first-order valence-corrected chi connectivity index (χ1v) is 9.16. The monoisotopic (exact) mass is 328 g/mol. The molecule has 4 nitrogen and oxygen atoms in total. The second kappa shape index (κ2) is 7.80. The van der Waals surface area contributed by atoms with E-state index >= 15 is 0 Å². The van der Waals surface area contributed by atoms with Gasteiger partial charge < -0.3 is 10.6 Å². The summed E-state index contributed by atoms with van der Waals surface area (Å²) in [6.07, 6.45) is 2.53. The van der Waals surface area contributed by atoms with E-state index < -0.39 is 10.8 Å². The van der Waals surface area contributed by atoms with Gasteiger partial charge >= 0.3 is 0 Å². The fraction of sp³-hybridized carbons (Fsp3) is 0.533. The molecule has 21 heavy (non-hydrogen) atoms. The Morgan fingerprint density at radius 2 is 2.10 bits per heavy atom. The smallest absolute Gasteiger partial charge is 0.253 e. The van der Waals surface area contributed by atoms with Gasteiger partial charge in [0, 0.05) is 45.6 Å². The van der Waals surface area contributed by atoms with Crippen LogP contribution in [-0.4, -0.2) is 34.2 Å². The van der Waals surface area contributed by atoms with Crippen LogP contribution in [0.3, 0.4) is 0 Å². The predicted molar refractivity (Wildman–Crippen MR) is 88.6 cm³/mol. The molecule has 1 fully saturated rings. The van der Waals surface area contributed by atoms with Crippen LogP contribution < -0.4 is 10.6 Å². The van der Waals surface area contributed by atoms with Crippen LogP contribution >= 0.6 is 11.6 Å². The van der Waals surface area contributed by atoms with E-state index in [1.54, 1.807) is 12.1 Å². The minimum atomic E-state index is -0.717. The van der Waals surface area contributed by atoms with Crippen molar-refractivity contribution in [2.75, 3.05) is 23.4 Å². The lowest BCUT2D eigenvalue weighted by molar-refractivity contribution is 0.0935. The first-order valence-electron chi connectivity index (χ1n) is 7.29. The van der Waals surface area contributed by atoms with Gasteiger partial charge in [-0.2, -0.15) is 0 Å². The van der Waals surface area contributed by atoms with Crippen LogP contribution in [0.2, 0.25) is 5.02 Å². The molecule has 2 N–H and O–H groups in total. The Kier molecular flexibility index (Phi) is 6.06. The van der Waals surface area contributed by atoms with Gasteiger partial charge in [0.15, 0.2) is 0 Å². The zero-order valence-corrected chi connectivity index (χ0v) is 13.7. The number of carbonyl (C=O) groups excluding carboxylic acids is 1. The summed E-state index contributed by atoms with van der Waals surface area (Å²) in [7, 11) is -0.717. The summed E-state index contributed by atoms with van der Waals surface area (Å²) in [5, 5.41) is 6.82. The maximum absolute atomic E-state index is 12.4. The summed E-state index contributed by atoms with van der Waals surface area (Å²) in [6, 6.07) is 5.41. The molecule has 1 aliphatic heterocycles. The van der Waals surface area contributed by atoms with Gasteiger partial charge in [-0.1, -0.05) is 18.5 Å². The molecule has 1 heterocycles. The highest BCUT2D eigenvalue weighted by Crippen LogP contribution is 2.21. The van der Waals surface area contributed by atoms with Crippen LogP contribution in [0.15, 0.2) is 18.2 Å². The quantitative estimate of drug-likeness (QED) is 0.873. The lowest BCUT2D eigenvalue weighted by Crippen LogP contribution is -2.39. The SMILES string of the molecule is CCCNc1ccc(Cl)cc1C(=O)NC1CCS(=O)CC1. The zero-order valence-electron chi connectivity index (χ0n) is 12.2. The van der Waals surface area contributed by atoms with Crippen LogP contribution in [-0.2, 0) is 10.8 Å². The molecule has 1 aromatic rings. The van der Waals surface area contributed by atoms with E-state index in [2.05, 4.69) is 17.6 Å². The standard InChI is InChI=1S/C15H21ClN2O2S/c1-2-7-17-14-4-3-11(16)10-13(14)15(19)18-12-5-8-21(20)9-6-12/h3-4,10,12,17H,2,5-9H2,1H3,(H,18,19). The molecule has 0 unspecified atom stereocenters. The van der Waals surface area contributed by atoms with E-state index in [1.165, 1.54) is 0 Å². The average Bonchev–Trinajstić information content (AvgIpc) is 2.48. The Labute approximate surface area is 133 Å². The van der Waals surface area contributed by atoms with Crippen LogP contribution in [0.5, 0.6) is 0 Å².